The second-order valence-corrected chi connectivity index (χ2v) is 7.74. The molecule has 2 rings (SSSR count). The predicted molar refractivity (Wildman–Crippen MR) is 95.7 cm³/mol. The molecule has 0 aromatic heterocycles. The number of rotatable bonds is 2. The Kier molecular flexibility index (Phi) is 5.26. The standard InChI is InChI=1S/C18H28N2S/c1-13-7-5-6-8-16(13)20-17(21)19-15-11-9-14(10-12-15)18(2,3)4/h5-8,14-15H,9-12H2,1-4H3,(H2,19,20,21). The van der Waals surface area contributed by atoms with Crippen LogP contribution in [0.1, 0.15) is 52.0 Å². The Hall–Kier alpha value is -1.09. The van der Waals surface area contributed by atoms with Crippen LogP contribution in [0.25, 0.3) is 0 Å². The molecule has 1 saturated carbocycles. The third kappa shape index (κ3) is 4.70. The molecule has 0 saturated heterocycles. The van der Waals surface area contributed by atoms with Crippen molar-refractivity contribution in [3.8, 4) is 0 Å². The minimum absolute atomic E-state index is 0.435. The highest BCUT2D eigenvalue weighted by Gasteiger charge is 2.29. The van der Waals surface area contributed by atoms with Crippen LogP contribution < -0.4 is 10.6 Å². The van der Waals surface area contributed by atoms with Crippen LogP contribution in [-0.4, -0.2) is 11.2 Å². The van der Waals surface area contributed by atoms with E-state index in [2.05, 4.69) is 50.5 Å². The molecule has 0 radical (unpaired) electrons. The summed E-state index contributed by atoms with van der Waals surface area (Å²) in [5.41, 5.74) is 2.75. The quantitative estimate of drug-likeness (QED) is 0.761. The number of aryl methyl sites for hydroxylation is 1. The molecule has 2 nitrogen and oxygen atoms in total. The molecule has 0 bridgehead atoms. The fraction of sp³-hybridized carbons (Fsp3) is 0.611. The zero-order chi connectivity index (χ0) is 15.5. The molecule has 1 fully saturated rings. The number of hydrogen-bond donors (Lipinski definition) is 2. The maximum Gasteiger partial charge on any atom is 0.171 e. The second kappa shape index (κ2) is 6.78. The number of para-hydroxylation sites is 1. The van der Waals surface area contributed by atoms with E-state index in [0.717, 1.165) is 16.7 Å². The van der Waals surface area contributed by atoms with E-state index in [1.54, 1.807) is 0 Å². The highest BCUT2D eigenvalue weighted by Crippen LogP contribution is 2.37. The Morgan fingerprint density at radius 3 is 2.29 bits per heavy atom. The van der Waals surface area contributed by atoms with Crippen LogP contribution in [0.5, 0.6) is 0 Å². The number of anilines is 1. The summed E-state index contributed by atoms with van der Waals surface area (Å²) in [5, 5.41) is 7.56. The molecule has 2 N–H and O–H groups in total. The van der Waals surface area contributed by atoms with Gasteiger partial charge in [0.15, 0.2) is 5.11 Å². The minimum Gasteiger partial charge on any atom is -0.360 e. The molecule has 1 aliphatic rings. The van der Waals surface area contributed by atoms with Crippen molar-refractivity contribution < 1.29 is 0 Å². The Morgan fingerprint density at radius 1 is 1.10 bits per heavy atom. The first-order valence-electron chi connectivity index (χ1n) is 7.99. The third-order valence-electron chi connectivity index (χ3n) is 4.68. The zero-order valence-corrected chi connectivity index (χ0v) is 14.5. The molecule has 1 aromatic carbocycles. The number of hydrogen-bond acceptors (Lipinski definition) is 1. The predicted octanol–water partition coefficient (Wildman–Crippen LogP) is 4.89. The van der Waals surface area contributed by atoms with Crippen molar-refractivity contribution >= 4 is 23.0 Å². The van der Waals surface area contributed by atoms with Crippen LogP contribution in [-0.2, 0) is 0 Å². The summed E-state index contributed by atoms with van der Waals surface area (Å²) < 4.78 is 0. The van der Waals surface area contributed by atoms with Gasteiger partial charge >= 0.3 is 0 Å². The summed E-state index contributed by atoms with van der Waals surface area (Å²) in [4.78, 5) is 0. The van der Waals surface area contributed by atoms with Crippen molar-refractivity contribution in [2.75, 3.05) is 5.32 Å². The smallest absolute Gasteiger partial charge is 0.171 e. The van der Waals surface area contributed by atoms with Crippen molar-refractivity contribution in [3.63, 3.8) is 0 Å². The van der Waals surface area contributed by atoms with Gasteiger partial charge in [0.05, 0.1) is 0 Å². The molecule has 1 aliphatic carbocycles. The van der Waals surface area contributed by atoms with Crippen molar-refractivity contribution in [2.45, 2.75) is 59.4 Å². The van der Waals surface area contributed by atoms with Crippen molar-refractivity contribution in [3.05, 3.63) is 29.8 Å². The SMILES string of the molecule is Cc1ccccc1NC(=S)NC1CCC(C(C)(C)C)CC1. The molecule has 1 aromatic rings. The topological polar surface area (TPSA) is 24.1 Å². The monoisotopic (exact) mass is 304 g/mol. The molecule has 0 spiro atoms. The van der Waals surface area contributed by atoms with Gasteiger partial charge in [-0.3, -0.25) is 0 Å². The zero-order valence-electron chi connectivity index (χ0n) is 13.7. The highest BCUT2D eigenvalue weighted by atomic mass is 32.1. The Bertz CT molecular complexity index is 482. The summed E-state index contributed by atoms with van der Waals surface area (Å²) in [5.74, 6) is 0.841. The van der Waals surface area contributed by atoms with Crippen molar-refractivity contribution in [1.29, 1.82) is 0 Å². The van der Waals surface area contributed by atoms with Gasteiger partial charge in [-0.15, -0.1) is 0 Å². The van der Waals surface area contributed by atoms with Gasteiger partial charge in [0, 0.05) is 11.7 Å². The largest absolute Gasteiger partial charge is 0.360 e. The van der Waals surface area contributed by atoms with Gasteiger partial charge in [-0.25, -0.2) is 0 Å². The first kappa shape index (κ1) is 16.3. The molecule has 0 amide bonds. The van der Waals surface area contributed by atoms with Gasteiger partial charge in [-0.2, -0.15) is 0 Å². The molecule has 0 atom stereocenters. The van der Waals surface area contributed by atoms with E-state index in [9.17, 15) is 0 Å². The van der Waals surface area contributed by atoms with E-state index in [0.29, 0.717) is 11.5 Å². The van der Waals surface area contributed by atoms with E-state index in [1.165, 1.54) is 31.2 Å². The Morgan fingerprint density at radius 2 is 1.71 bits per heavy atom. The third-order valence-corrected chi connectivity index (χ3v) is 4.90. The van der Waals surface area contributed by atoms with Crippen LogP contribution in [0.4, 0.5) is 5.69 Å². The second-order valence-electron chi connectivity index (χ2n) is 7.33. The van der Waals surface area contributed by atoms with Crippen LogP contribution in [0.2, 0.25) is 0 Å². The summed E-state index contributed by atoms with van der Waals surface area (Å²) >= 11 is 5.46. The molecule has 0 heterocycles. The average Bonchev–Trinajstić information content (AvgIpc) is 2.41. The van der Waals surface area contributed by atoms with Crippen LogP contribution in [0.15, 0.2) is 24.3 Å². The van der Waals surface area contributed by atoms with Gasteiger partial charge in [-0.05, 0) is 67.8 Å². The highest BCUT2D eigenvalue weighted by molar-refractivity contribution is 7.80. The van der Waals surface area contributed by atoms with E-state index in [4.69, 9.17) is 12.2 Å². The fourth-order valence-corrected chi connectivity index (χ4v) is 3.44. The summed E-state index contributed by atoms with van der Waals surface area (Å²) in [6.45, 7) is 9.17. The number of nitrogens with one attached hydrogen (secondary N) is 2. The fourth-order valence-electron chi connectivity index (χ4n) is 3.16. The average molecular weight is 305 g/mol. The van der Waals surface area contributed by atoms with E-state index >= 15 is 0 Å². The molecule has 3 heteroatoms. The molecule has 0 aliphatic heterocycles. The first-order valence-corrected chi connectivity index (χ1v) is 8.40. The van der Waals surface area contributed by atoms with E-state index in [1.807, 2.05) is 12.1 Å². The van der Waals surface area contributed by atoms with E-state index < -0.39 is 0 Å². The van der Waals surface area contributed by atoms with E-state index in [-0.39, 0.29) is 0 Å². The summed E-state index contributed by atoms with van der Waals surface area (Å²) in [6.07, 6.45) is 5.04. The molecule has 116 valence electrons. The lowest BCUT2D eigenvalue weighted by atomic mass is 9.71. The van der Waals surface area contributed by atoms with Crippen LogP contribution in [0.3, 0.4) is 0 Å². The summed E-state index contributed by atoms with van der Waals surface area (Å²) in [7, 11) is 0. The minimum atomic E-state index is 0.435. The molecule has 21 heavy (non-hydrogen) atoms. The van der Waals surface area contributed by atoms with Gasteiger partial charge in [0.1, 0.15) is 0 Å². The maximum absolute atomic E-state index is 5.46. The molecule has 0 unspecified atom stereocenters. The Labute approximate surface area is 134 Å². The van der Waals surface area contributed by atoms with Gasteiger partial charge in [-0.1, -0.05) is 39.0 Å². The van der Waals surface area contributed by atoms with Crippen molar-refractivity contribution in [2.24, 2.45) is 11.3 Å². The summed E-state index contributed by atoms with van der Waals surface area (Å²) in [6, 6.07) is 8.77. The molecular weight excluding hydrogens is 276 g/mol. The first-order chi connectivity index (χ1) is 9.86. The number of thiocarbonyl (C=S) groups is 1. The lowest BCUT2D eigenvalue weighted by Gasteiger charge is -2.37. The lowest BCUT2D eigenvalue weighted by Crippen LogP contribution is -2.41. The molecular formula is C18H28N2S. The Balaban J connectivity index is 1.81. The van der Waals surface area contributed by atoms with Gasteiger partial charge in [0.25, 0.3) is 0 Å². The normalized spacial score (nSPS) is 22.7. The van der Waals surface area contributed by atoms with Crippen LogP contribution >= 0.6 is 12.2 Å². The van der Waals surface area contributed by atoms with Gasteiger partial charge in [0.2, 0.25) is 0 Å². The number of benzene rings is 1. The van der Waals surface area contributed by atoms with Crippen LogP contribution in [0, 0.1) is 18.3 Å². The van der Waals surface area contributed by atoms with Crippen molar-refractivity contribution in [1.82, 2.24) is 5.32 Å². The lowest BCUT2D eigenvalue weighted by molar-refractivity contribution is 0.166. The maximum atomic E-state index is 5.46. The van der Waals surface area contributed by atoms with Gasteiger partial charge < -0.3 is 10.6 Å².